The van der Waals surface area contributed by atoms with Crippen LogP contribution in [-0.4, -0.2) is 23.4 Å². The molecular weight excluding hydrogens is 272 g/mol. The summed E-state index contributed by atoms with van der Waals surface area (Å²) in [5.41, 5.74) is 0.664. The van der Waals surface area contributed by atoms with E-state index in [1.54, 1.807) is 6.92 Å². The van der Waals surface area contributed by atoms with Gasteiger partial charge in [0.2, 0.25) is 5.12 Å². The van der Waals surface area contributed by atoms with Crippen LogP contribution in [0.3, 0.4) is 0 Å². The predicted octanol–water partition coefficient (Wildman–Crippen LogP) is 3.67. The maximum Gasteiger partial charge on any atom is 0.306 e. The lowest BCUT2D eigenvalue weighted by Gasteiger charge is -2.03. The summed E-state index contributed by atoms with van der Waals surface area (Å²) < 4.78 is 4.82. The van der Waals surface area contributed by atoms with Crippen LogP contribution in [0.15, 0.2) is 42.5 Å². The second-order valence-electron chi connectivity index (χ2n) is 4.25. The molecule has 0 N–H and O–H groups in total. The molecule has 0 saturated carbocycles. The van der Waals surface area contributed by atoms with E-state index in [0.717, 1.165) is 22.5 Å². The molecule has 0 unspecified atom stereocenters. The molecule has 0 aromatic heterocycles. The molecule has 0 spiro atoms. The number of rotatable bonds is 5. The Balaban J connectivity index is 1.95. The number of fused-ring (bicyclic) bond motifs is 1. The Kier molecular flexibility index (Phi) is 5.18. The Bertz CT molecular complexity index is 622. The molecule has 0 aliphatic heterocycles. The van der Waals surface area contributed by atoms with Crippen LogP contribution >= 0.6 is 11.8 Å². The molecule has 3 nitrogen and oxygen atoms in total. The van der Waals surface area contributed by atoms with Gasteiger partial charge in [-0.2, -0.15) is 0 Å². The van der Waals surface area contributed by atoms with E-state index in [4.69, 9.17) is 4.74 Å². The highest BCUT2D eigenvalue weighted by molar-refractivity contribution is 8.14. The van der Waals surface area contributed by atoms with Crippen molar-refractivity contribution in [3.63, 3.8) is 0 Å². The van der Waals surface area contributed by atoms with Gasteiger partial charge in [-0.25, -0.2) is 0 Å². The zero-order valence-electron chi connectivity index (χ0n) is 11.3. The van der Waals surface area contributed by atoms with Gasteiger partial charge >= 0.3 is 5.97 Å². The molecule has 2 aromatic rings. The fourth-order valence-corrected chi connectivity index (χ4v) is 2.61. The summed E-state index contributed by atoms with van der Waals surface area (Å²) in [5.74, 6) is 0.191. The normalized spacial score (nSPS) is 10.4. The van der Waals surface area contributed by atoms with Crippen molar-refractivity contribution in [3.8, 4) is 0 Å². The Hall–Kier alpha value is -1.81. The maximum atomic E-state index is 12.0. The summed E-state index contributed by atoms with van der Waals surface area (Å²) in [6.07, 6.45) is 0.262. The molecule has 20 heavy (non-hydrogen) atoms. The molecule has 2 rings (SSSR count). The van der Waals surface area contributed by atoms with Gasteiger partial charge in [-0.1, -0.05) is 42.1 Å². The van der Waals surface area contributed by atoms with Gasteiger partial charge < -0.3 is 4.74 Å². The zero-order valence-corrected chi connectivity index (χ0v) is 12.1. The van der Waals surface area contributed by atoms with E-state index in [1.165, 1.54) is 0 Å². The Morgan fingerprint density at radius 3 is 2.60 bits per heavy atom. The maximum absolute atomic E-state index is 12.0. The Morgan fingerprint density at radius 1 is 1.10 bits per heavy atom. The summed E-state index contributed by atoms with van der Waals surface area (Å²) in [4.78, 5) is 23.2. The minimum atomic E-state index is -0.258. The van der Waals surface area contributed by atoms with E-state index in [2.05, 4.69) is 0 Å². The molecule has 0 bridgehead atoms. The van der Waals surface area contributed by atoms with E-state index in [0.29, 0.717) is 17.9 Å². The number of benzene rings is 2. The van der Waals surface area contributed by atoms with Crippen molar-refractivity contribution in [3.05, 3.63) is 48.0 Å². The number of hydrogen-bond donors (Lipinski definition) is 0. The number of ether oxygens (including phenoxy) is 1. The largest absolute Gasteiger partial charge is 0.466 e. The number of carbonyl (C=O) groups is 2. The molecule has 0 saturated heterocycles. The molecule has 0 atom stereocenters. The molecular formula is C16H16O3S. The summed E-state index contributed by atoms with van der Waals surface area (Å²) in [5, 5.41) is 2.14. The summed E-state index contributed by atoms with van der Waals surface area (Å²) in [6, 6.07) is 13.6. The van der Waals surface area contributed by atoms with Crippen LogP contribution in [0.5, 0.6) is 0 Å². The van der Waals surface area contributed by atoms with E-state index < -0.39 is 0 Å². The average molecular weight is 288 g/mol. The molecule has 0 radical (unpaired) electrons. The van der Waals surface area contributed by atoms with Gasteiger partial charge in [0, 0.05) is 11.3 Å². The average Bonchev–Trinajstić information content (AvgIpc) is 2.47. The summed E-state index contributed by atoms with van der Waals surface area (Å²) in [7, 11) is 0. The first-order valence-electron chi connectivity index (χ1n) is 6.52. The fourth-order valence-electron chi connectivity index (χ4n) is 1.86. The second kappa shape index (κ2) is 7.10. The van der Waals surface area contributed by atoms with Gasteiger partial charge in [0.15, 0.2) is 0 Å². The van der Waals surface area contributed by atoms with Crippen LogP contribution in [0.25, 0.3) is 10.8 Å². The van der Waals surface area contributed by atoms with E-state index in [9.17, 15) is 9.59 Å². The molecule has 4 heteroatoms. The van der Waals surface area contributed by atoms with Crippen LogP contribution < -0.4 is 0 Å². The Labute approximate surface area is 122 Å². The number of esters is 1. The fraction of sp³-hybridized carbons (Fsp3) is 0.250. The molecule has 0 aliphatic carbocycles. The third-order valence-corrected chi connectivity index (χ3v) is 3.74. The number of thioether (sulfide) groups is 1. The first-order chi connectivity index (χ1) is 9.70. The van der Waals surface area contributed by atoms with E-state index >= 15 is 0 Å². The molecule has 0 aliphatic rings. The van der Waals surface area contributed by atoms with Crippen molar-refractivity contribution in [2.45, 2.75) is 13.3 Å². The predicted molar refractivity (Wildman–Crippen MR) is 82.0 cm³/mol. The van der Waals surface area contributed by atoms with Gasteiger partial charge in [-0.15, -0.1) is 0 Å². The minimum absolute atomic E-state index is 0.0138. The standard InChI is InChI=1S/C16H16O3S/c1-2-19-15(17)9-10-20-16(18)14-8-7-12-5-3-4-6-13(12)11-14/h3-8,11H,2,9-10H2,1H3. The monoisotopic (exact) mass is 288 g/mol. The third kappa shape index (κ3) is 3.84. The summed E-state index contributed by atoms with van der Waals surface area (Å²) >= 11 is 1.15. The van der Waals surface area contributed by atoms with Crippen LogP contribution in [0.2, 0.25) is 0 Å². The van der Waals surface area contributed by atoms with Gasteiger partial charge in [-0.3, -0.25) is 9.59 Å². The van der Waals surface area contributed by atoms with Crippen molar-refractivity contribution < 1.29 is 14.3 Å². The van der Waals surface area contributed by atoms with Crippen molar-refractivity contribution in [1.82, 2.24) is 0 Å². The Morgan fingerprint density at radius 2 is 1.85 bits per heavy atom. The molecule has 0 fully saturated rings. The first-order valence-corrected chi connectivity index (χ1v) is 7.51. The smallest absolute Gasteiger partial charge is 0.306 e. The molecule has 0 amide bonds. The topological polar surface area (TPSA) is 43.4 Å². The quantitative estimate of drug-likeness (QED) is 0.787. The molecule has 2 aromatic carbocycles. The van der Waals surface area contributed by atoms with E-state index in [1.807, 2.05) is 42.5 Å². The zero-order chi connectivity index (χ0) is 14.4. The van der Waals surface area contributed by atoms with Gasteiger partial charge in [-0.05, 0) is 29.8 Å². The number of hydrogen-bond acceptors (Lipinski definition) is 4. The SMILES string of the molecule is CCOC(=O)CCSC(=O)c1ccc2ccccc2c1. The second-order valence-corrected chi connectivity index (χ2v) is 5.32. The van der Waals surface area contributed by atoms with Gasteiger partial charge in [0.05, 0.1) is 13.0 Å². The van der Waals surface area contributed by atoms with Crippen molar-refractivity contribution in [1.29, 1.82) is 0 Å². The minimum Gasteiger partial charge on any atom is -0.466 e. The third-order valence-electron chi connectivity index (χ3n) is 2.83. The molecule has 0 heterocycles. The van der Waals surface area contributed by atoms with Crippen LogP contribution in [0, 0.1) is 0 Å². The van der Waals surface area contributed by atoms with Crippen LogP contribution in [0.1, 0.15) is 23.7 Å². The summed E-state index contributed by atoms with van der Waals surface area (Å²) in [6.45, 7) is 2.15. The van der Waals surface area contributed by atoms with Crippen molar-refractivity contribution in [2.75, 3.05) is 12.4 Å². The highest BCUT2D eigenvalue weighted by atomic mass is 32.2. The number of carbonyl (C=O) groups excluding carboxylic acids is 2. The van der Waals surface area contributed by atoms with Gasteiger partial charge in [0.1, 0.15) is 0 Å². The highest BCUT2D eigenvalue weighted by Crippen LogP contribution is 2.19. The van der Waals surface area contributed by atoms with Crippen LogP contribution in [-0.2, 0) is 9.53 Å². The van der Waals surface area contributed by atoms with Gasteiger partial charge in [0.25, 0.3) is 0 Å². The van der Waals surface area contributed by atoms with Crippen molar-refractivity contribution in [2.24, 2.45) is 0 Å². The van der Waals surface area contributed by atoms with Crippen molar-refractivity contribution >= 4 is 33.6 Å². The lowest BCUT2D eigenvalue weighted by Crippen LogP contribution is -2.06. The van der Waals surface area contributed by atoms with Crippen LogP contribution in [0.4, 0.5) is 0 Å². The lowest BCUT2D eigenvalue weighted by molar-refractivity contribution is -0.142. The lowest BCUT2D eigenvalue weighted by atomic mass is 10.1. The molecule has 104 valence electrons. The highest BCUT2D eigenvalue weighted by Gasteiger charge is 2.09. The first kappa shape index (κ1) is 14.6. The van der Waals surface area contributed by atoms with E-state index in [-0.39, 0.29) is 17.5 Å².